The molecule has 0 heterocycles. The first-order chi connectivity index (χ1) is 11.1. The molecular weight excluding hydrogens is 288 g/mol. The summed E-state index contributed by atoms with van der Waals surface area (Å²) < 4.78 is 5.06. The van der Waals surface area contributed by atoms with Gasteiger partial charge in [-0.05, 0) is 42.7 Å². The number of aryl methyl sites for hydroxylation is 2. The van der Waals surface area contributed by atoms with E-state index in [2.05, 4.69) is 16.7 Å². The Hall–Kier alpha value is -2.17. The maximum absolute atomic E-state index is 12.7. The number of rotatable bonds is 7. The van der Waals surface area contributed by atoms with Crippen LogP contribution in [0.2, 0.25) is 0 Å². The summed E-state index contributed by atoms with van der Waals surface area (Å²) in [6, 6.07) is 15.3. The summed E-state index contributed by atoms with van der Waals surface area (Å²) in [5.41, 5.74) is 4.01. The minimum Gasteiger partial charge on any atom is -0.383 e. The highest BCUT2D eigenvalue weighted by Crippen LogP contribution is 2.18. The molecule has 0 aliphatic rings. The Morgan fingerprint density at radius 3 is 2.35 bits per heavy atom. The van der Waals surface area contributed by atoms with Crippen molar-refractivity contribution in [3.05, 3.63) is 65.2 Å². The summed E-state index contributed by atoms with van der Waals surface area (Å²) >= 11 is 0. The number of hydrogen-bond acceptors (Lipinski definition) is 3. The lowest BCUT2D eigenvalue weighted by Crippen LogP contribution is -2.34. The molecule has 1 amide bonds. The Bertz CT molecular complexity index is 621. The number of carbonyl (C=O) groups is 1. The van der Waals surface area contributed by atoms with Gasteiger partial charge in [0.2, 0.25) is 5.91 Å². The quantitative estimate of drug-likeness (QED) is 0.772. The largest absolute Gasteiger partial charge is 0.383 e. The van der Waals surface area contributed by atoms with E-state index in [9.17, 15) is 4.79 Å². The second-order valence-electron chi connectivity index (χ2n) is 5.66. The Morgan fingerprint density at radius 2 is 1.74 bits per heavy atom. The number of anilines is 1. The predicted octanol–water partition coefficient (Wildman–Crippen LogP) is 3.22. The Balaban J connectivity index is 2.15. The van der Waals surface area contributed by atoms with Gasteiger partial charge in [0.05, 0.1) is 6.61 Å². The summed E-state index contributed by atoms with van der Waals surface area (Å²) in [5.74, 6) is -0.0719. The Kier molecular flexibility index (Phi) is 6.32. The number of nitrogens with one attached hydrogen (secondary N) is 2. The van der Waals surface area contributed by atoms with Crippen molar-refractivity contribution >= 4 is 11.6 Å². The smallest absolute Gasteiger partial charge is 0.246 e. The van der Waals surface area contributed by atoms with Gasteiger partial charge in [-0.2, -0.15) is 0 Å². The molecule has 0 fully saturated rings. The van der Waals surface area contributed by atoms with Crippen LogP contribution in [0.5, 0.6) is 0 Å². The summed E-state index contributed by atoms with van der Waals surface area (Å²) in [6.07, 6.45) is 0. The van der Waals surface area contributed by atoms with Crippen molar-refractivity contribution in [2.75, 3.05) is 25.6 Å². The summed E-state index contributed by atoms with van der Waals surface area (Å²) in [5, 5.41) is 6.26. The first-order valence-electron chi connectivity index (χ1n) is 7.76. The molecule has 2 rings (SSSR count). The van der Waals surface area contributed by atoms with E-state index in [1.807, 2.05) is 56.3 Å². The number of amides is 1. The highest BCUT2D eigenvalue weighted by molar-refractivity contribution is 5.95. The monoisotopic (exact) mass is 312 g/mol. The standard InChI is InChI=1S/C19H24N2O2/c1-14-11-15(2)13-17(12-14)21-19(22)18(20-9-10-23-3)16-7-5-4-6-8-16/h4-8,11-13,18,20H,9-10H2,1-3H3,(H,21,22). The molecule has 0 bridgehead atoms. The SMILES string of the molecule is COCCNC(C(=O)Nc1cc(C)cc(C)c1)c1ccccc1. The maximum atomic E-state index is 12.7. The van der Waals surface area contributed by atoms with Crippen LogP contribution in [-0.4, -0.2) is 26.2 Å². The van der Waals surface area contributed by atoms with E-state index >= 15 is 0 Å². The van der Waals surface area contributed by atoms with Crippen LogP contribution in [0.25, 0.3) is 0 Å². The van der Waals surface area contributed by atoms with Gasteiger partial charge in [0.1, 0.15) is 6.04 Å². The number of methoxy groups -OCH3 is 1. The summed E-state index contributed by atoms with van der Waals surface area (Å²) in [6.45, 7) is 5.21. The summed E-state index contributed by atoms with van der Waals surface area (Å²) in [4.78, 5) is 12.7. The molecule has 0 radical (unpaired) electrons. The van der Waals surface area contributed by atoms with Gasteiger partial charge in [0.15, 0.2) is 0 Å². The molecular formula is C19H24N2O2. The van der Waals surface area contributed by atoms with E-state index in [4.69, 9.17) is 4.74 Å². The molecule has 4 nitrogen and oxygen atoms in total. The molecule has 1 unspecified atom stereocenters. The van der Waals surface area contributed by atoms with Crippen LogP contribution in [0.3, 0.4) is 0 Å². The van der Waals surface area contributed by atoms with E-state index < -0.39 is 6.04 Å². The molecule has 0 spiro atoms. The van der Waals surface area contributed by atoms with Gasteiger partial charge in [-0.3, -0.25) is 10.1 Å². The van der Waals surface area contributed by atoms with Gasteiger partial charge in [-0.15, -0.1) is 0 Å². The van der Waals surface area contributed by atoms with E-state index in [1.165, 1.54) is 0 Å². The van der Waals surface area contributed by atoms with Gasteiger partial charge >= 0.3 is 0 Å². The zero-order chi connectivity index (χ0) is 16.7. The molecule has 2 N–H and O–H groups in total. The normalized spacial score (nSPS) is 12.0. The van der Waals surface area contributed by atoms with Gasteiger partial charge in [-0.1, -0.05) is 36.4 Å². The molecule has 122 valence electrons. The van der Waals surface area contributed by atoms with Crippen LogP contribution >= 0.6 is 0 Å². The molecule has 23 heavy (non-hydrogen) atoms. The average molecular weight is 312 g/mol. The summed E-state index contributed by atoms with van der Waals surface area (Å²) in [7, 11) is 1.65. The molecule has 0 aromatic heterocycles. The Labute approximate surface area is 137 Å². The van der Waals surface area contributed by atoms with Crippen molar-refractivity contribution in [1.29, 1.82) is 0 Å². The van der Waals surface area contributed by atoms with Crippen molar-refractivity contribution in [1.82, 2.24) is 5.32 Å². The average Bonchev–Trinajstić information content (AvgIpc) is 2.51. The van der Waals surface area contributed by atoms with Crippen LogP contribution in [-0.2, 0) is 9.53 Å². The molecule has 0 saturated heterocycles. The lowest BCUT2D eigenvalue weighted by atomic mass is 10.1. The van der Waals surface area contributed by atoms with E-state index in [1.54, 1.807) is 7.11 Å². The zero-order valence-corrected chi connectivity index (χ0v) is 13.9. The third-order valence-corrected chi connectivity index (χ3v) is 3.54. The molecule has 0 aliphatic heterocycles. The van der Waals surface area contributed by atoms with Gasteiger partial charge < -0.3 is 10.1 Å². The lowest BCUT2D eigenvalue weighted by molar-refractivity contribution is -0.118. The molecule has 2 aromatic rings. The fourth-order valence-corrected chi connectivity index (χ4v) is 2.57. The first-order valence-corrected chi connectivity index (χ1v) is 7.76. The molecule has 0 aliphatic carbocycles. The van der Waals surface area contributed by atoms with Crippen molar-refractivity contribution in [2.45, 2.75) is 19.9 Å². The molecule has 1 atom stereocenters. The van der Waals surface area contributed by atoms with Gasteiger partial charge in [-0.25, -0.2) is 0 Å². The predicted molar refractivity (Wildman–Crippen MR) is 93.6 cm³/mol. The van der Waals surface area contributed by atoms with Crippen LogP contribution in [0.1, 0.15) is 22.7 Å². The first kappa shape index (κ1) is 17.2. The van der Waals surface area contributed by atoms with E-state index in [0.717, 1.165) is 22.4 Å². The second kappa shape index (κ2) is 8.46. The highest BCUT2D eigenvalue weighted by atomic mass is 16.5. The number of carbonyl (C=O) groups excluding carboxylic acids is 1. The van der Waals surface area contributed by atoms with Crippen LogP contribution in [0, 0.1) is 13.8 Å². The lowest BCUT2D eigenvalue weighted by Gasteiger charge is -2.19. The molecule has 4 heteroatoms. The zero-order valence-electron chi connectivity index (χ0n) is 13.9. The van der Waals surface area contributed by atoms with Crippen molar-refractivity contribution in [3.8, 4) is 0 Å². The van der Waals surface area contributed by atoms with Crippen LogP contribution < -0.4 is 10.6 Å². The molecule has 0 saturated carbocycles. The minimum atomic E-state index is -0.410. The second-order valence-corrected chi connectivity index (χ2v) is 5.66. The fraction of sp³-hybridized carbons (Fsp3) is 0.316. The topological polar surface area (TPSA) is 50.4 Å². The Morgan fingerprint density at radius 1 is 1.09 bits per heavy atom. The van der Waals surface area contributed by atoms with Crippen molar-refractivity contribution < 1.29 is 9.53 Å². The third kappa shape index (κ3) is 5.20. The maximum Gasteiger partial charge on any atom is 0.246 e. The van der Waals surface area contributed by atoms with Crippen LogP contribution in [0.4, 0.5) is 5.69 Å². The highest BCUT2D eigenvalue weighted by Gasteiger charge is 2.20. The van der Waals surface area contributed by atoms with Crippen LogP contribution in [0.15, 0.2) is 48.5 Å². The number of benzene rings is 2. The van der Waals surface area contributed by atoms with Crippen molar-refractivity contribution in [3.63, 3.8) is 0 Å². The number of ether oxygens (including phenoxy) is 1. The molecule has 2 aromatic carbocycles. The van der Waals surface area contributed by atoms with E-state index in [-0.39, 0.29) is 5.91 Å². The van der Waals surface area contributed by atoms with Crippen molar-refractivity contribution in [2.24, 2.45) is 0 Å². The van der Waals surface area contributed by atoms with Gasteiger partial charge in [0, 0.05) is 19.3 Å². The third-order valence-electron chi connectivity index (χ3n) is 3.54. The minimum absolute atomic E-state index is 0.0719. The fourth-order valence-electron chi connectivity index (χ4n) is 2.57. The van der Waals surface area contributed by atoms with Gasteiger partial charge in [0.25, 0.3) is 0 Å². The number of hydrogen-bond donors (Lipinski definition) is 2. The van der Waals surface area contributed by atoms with E-state index in [0.29, 0.717) is 13.2 Å².